The minimum Gasteiger partial charge on any atom is -0.506 e. The fourth-order valence-electron chi connectivity index (χ4n) is 4.55. The topological polar surface area (TPSA) is 96.6 Å². The van der Waals surface area contributed by atoms with Crippen LogP contribution in [-0.2, 0) is 4.74 Å². The monoisotopic (exact) mass is 414 g/mol. The number of phenolic OH excluding ortho intramolecular Hbond substituents is 1. The molecule has 0 unspecified atom stereocenters. The van der Waals surface area contributed by atoms with Crippen molar-refractivity contribution in [2.75, 3.05) is 21.3 Å². The Morgan fingerprint density at radius 3 is 2.57 bits per heavy atom. The van der Waals surface area contributed by atoms with Gasteiger partial charge in [0.15, 0.2) is 22.8 Å². The molecule has 8 nitrogen and oxygen atoms in total. The first-order valence-electron chi connectivity index (χ1n) is 9.73. The van der Waals surface area contributed by atoms with Gasteiger partial charge in [-0.25, -0.2) is 0 Å². The summed E-state index contributed by atoms with van der Waals surface area (Å²) in [6, 6.07) is 3.27. The van der Waals surface area contributed by atoms with Gasteiger partial charge in [0, 0.05) is 13.3 Å². The lowest BCUT2D eigenvalue weighted by atomic mass is 9.91. The SMILES string of the molecule is COc1ccc2oc3c(OC)c4c(c(O)c3c(=O)c2c1OC)[C@H]1CCC[C@](C)(O4)O1. The highest BCUT2D eigenvalue weighted by atomic mass is 16.7. The molecule has 1 saturated heterocycles. The molecule has 2 bridgehead atoms. The van der Waals surface area contributed by atoms with Crippen LogP contribution in [0.15, 0.2) is 21.3 Å². The Hall–Kier alpha value is -3.13. The third-order valence-corrected chi connectivity index (χ3v) is 5.88. The second-order valence-electron chi connectivity index (χ2n) is 7.67. The van der Waals surface area contributed by atoms with E-state index in [1.165, 1.54) is 21.3 Å². The summed E-state index contributed by atoms with van der Waals surface area (Å²) in [5.41, 5.74) is 0.345. The maximum Gasteiger partial charge on any atom is 0.208 e. The first kappa shape index (κ1) is 18.9. The third kappa shape index (κ3) is 2.40. The van der Waals surface area contributed by atoms with E-state index in [0.29, 0.717) is 29.9 Å². The van der Waals surface area contributed by atoms with E-state index < -0.39 is 17.3 Å². The number of fused-ring (bicyclic) bond motifs is 6. The van der Waals surface area contributed by atoms with Gasteiger partial charge in [-0.2, -0.15) is 0 Å². The van der Waals surface area contributed by atoms with Gasteiger partial charge in [0.1, 0.15) is 22.1 Å². The van der Waals surface area contributed by atoms with E-state index in [1.807, 2.05) is 6.92 Å². The van der Waals surface area contributed by atoms with Crippen molar-refractivity contribution in [3.05, 3.63) is 27.9 Å². The van der Waals surface area contributed by atoms with Crippen molar-refractivity contribution in [1.29, 1.82) is 0 Å². The van der Waals surface area contributed by atoms with Crippen LogP contribution >= 0.6 is 0 Å². The third-order valence-electron chi connectivity index (χ3n) is 5.88. The highest BCUT2D eigenvalue weighted by molar-refractivity contribution is 6.01. The normalized spacial score (nSPS) is 22.5. The zero-order chi connectivity index (χ0) is 21.2. The fraction of sp³-hybridized carbons (Fsp3) is 0.409. The van der Waals surface area contributed by atoms with E-state index in [4.69, 9.17) is 28.1 Å². The molecule has 0 amide bonds. The molecule has 8 heteroatoms. The summed E-state index contributed by atoms with van der Waals surface area (Å²) in [5.74, 6) is 0.180. The van der Waals surface area contributed by atoms with Gasteiger partial charge in [-0.3, -0.25) is 4.79 Å². The van der Waals surface area contributed by atoms with Crippen LogP contribution in [0.1, 0.15) is 37.9 Å². The number of hydrogen-bond acceptors (Lipinski definition) is 8. The number of methoxy groups -OCH3 is 3. The van der Waals surface area contributed by atoms with Gasteiger partial charge in [-0.1, -0.05) is 0 Å². The highest BCUT2D eigenvalue weighted by Gasteiger charge is 2.45. The molecule has 3 heterocycles. The minimum atomic E-state index is -0.822. The minimum absolute atomic E-state index is 0.00831. The number of phenols is 1. The molecule has 0 saturated carbocycles. The van der Waals surface area contributed by atoms with Crippen LogP contribution in [0, 0.1) is 0 Å². The van der Waals surface area contributed by atoms with Crippen LogP contribution in [0.3, 0.4) is 0 Å². The van der Waals surface area contributed by atoms with Crippen LogP contribution in [0.4, 0.5) is 0 Å². The van der Waals surface area contributed by atoms with Crippen molar-refractivity contribution in [1.82, 2.24) is 0 Å². The van der Waals surface area contributed by atoms with Crippen molar-refractivity contribution >= 4 is 21.9 Å². The average Bonchev–Trinajstić information content (AvgIpc) is 2.72. The predicted octanol–water partition coefficient (Wildman–Crippen LogP) is 4.03. The lowest BCUT2D eigenvalue weighted by molar-refractivity contribution is -0.243. The largest absolute Gasteiger partial charge is 0.506 e. The van der Waals surface area contributed by atoms with Crippen LogP contribution < -0.4 is 24.4 Å². The molecular weight excluding hydrogens is 392 g/mol. The summed E-state index contributed by atoms with van der Waals surface area (Å²) in [6.45, 7) is 1.86. The van der Waals surface area contributed by atoms with E-state index >= 15 is 0 Å². The molecule has 3 aromatic rings. The summed E-state index contributed by atoms with van der Waals surface area (Å²) < 4.78 is 34.6. The molecule has 1 aromatic heterocycles. The lowest BCUT2D eigenvalue weighted by Crippen LogP contribution is -2.43. The van der Waals surface area contributed by atoms with Crippen LogP contribution in [0.25, 0.3) is 21.9 Å². The number of hydrogen-bond donors (Lipinski definition) is 1. The van der Waals surface area contributed by atoms with Gasteiger partial charge in [0.2, 0.25) is 17.0 Å². The molecule has 5 rings (SSSR count). The average molecular weight is 414 g/mol. The summed E-state index contributed by atoms with van der Waals surface area (Å²) in [5, 5.41) is 11.4. The van der Waals surface area contributed by atoms with Crippen LogP contribution in [0.2, 0.25) is 0 Å². The van der Waals surface area contributed by atoms with Gasteiger partial charge in [0.25, 0.3) is 0 Å². The molecular formula is C22H22O8. The highest BCUT2D eigenvalue weighted by Crippen LogP contribution is 2.56. The maximum atomic E-state index is 13.6. The smallest absolute Gasteiger partial charge is 0.208 e. The standard InChI is InChI=1S/C22H22O8/c1-22-9-5-6-11(29-22)14-17(24)15-16(23)13-10(7-8-12(25-2)18(13)26-3)28-19(15)21(27-4)20(14)30-22/h7-8,11,24H,5-6,9H2,1-4H3/t11-,22+/m1/s1. The van der Waals surface area contributed by atoms with Crippen LogP contribution in [0.5, 0.6) is 28.7 Å². The Kier molecular flexibility index (Phi) is 4.05. The number of ether oxygens (including phenoxy) is 5. The molecule has 1 fully saturated rings. The zero-order valence-electron chi connectivity index (χ0n) is 17.2. The van der Waals surface area contributed by atoms with Crippen molar-refractivity contribution in [3.63, 3.8) is 0 Å². The van der Waals surface area contributed by atoms with E-state index in [9.17, 15) is 9.90 Å². The van der Waals surface area contributed by atoms with E-state index in [0.717, 1.165) is 6.42 Å². The summed E-state index contributed by atoms with van der Waals surface area (Å²) >= 11 is 0. The van der Waals surface area contributed by atoms with Gasteiger partial charge in [0.05, 0.1) is 33.0 Å². The molecule has 158 valence electrons. The lowest BCUT2D eigenvalue weighted by Gasteiger charge is -2.44. The summed E-state index contributed by atoms with van der Waals surface area (Å²) in [4.78, 5) is 13.6. The molecule has 2 aliphatic heterocycles. The maximum absolute atomic E-state index is 13.6. The summed E-state index contributed by atoms with van der Waals surface area (Å²) in [7, 11) is 4.40. The molecule has 30 heavy (non-hydrogen) atoms. The Bertz CT molecular complexity index is 1240. The predicted molar refractivity (Wildman–Crippen MR) is 108 cm³/mol. The zero-order valence-corrected chi connectivity index (χ0v) is 17.2. The van der Waals surface area contributed by atoms with Gasteiger partial charge in [-0.05, 0) is 25.0 Å². The number of rotatable bonds is 3. The van der Waals surface area contributed by atoms with Gasteiger partial charge >= 0.3 is 0 Å². The molecule has 2 aromatic carbocycles. The van der Waals surface area contributed by atoms with Crippen molar-refractivity contribution in [3.8, 4) is 28.7 Å². The van der Waals surface area contributed by atoms with Crippen molar-refractivity contribution in [2.45, 2.75) is 38.1 Å². The van der Waals surface area contributed by atoms with E-state index in [1.54, 1.807) is 12.1 Å². The fourth-order valence-corrected chi connectivity index (χ4v) is 4.55. The number of benzene rings is 2. The molecule has 2 atom stereocenters. The molecule has 1 N–H and O–H groups in total. The molecule has 0 spiro atoms. The number of aromatic hydroxyl groups is 1. The Labute approximate surface area is 171 Å². The first-order chi connectivity index (χ1) is 14.4. The quantitative estimate of drug-likeness (QED) is 0.642. The Morgan fingerprint density at radius 1 is 1.10 bits per heavy atom. The van der Waals surface area contributed by atoms with Crippen LogP contribution in [-0.4, -0.2) is 32.2 Å². The molecule has 0 aliphatic carbocycles. The molecule has 2 aliphatic rings. The molecule has 0 radical (unpaired) electrons. The Morgan fingerprint density at radius 2 is 1.87 bits per heavy atom. The second-order valence-corrected chi connectivity index (χ2v) is 7.67. The van der Waals surface area contributed by atoms with Crippen molar-refractivity contribution < 1.29 is 33.2 Å². The van der Waals surface area contributed by atoms with E-state index in [-0.39, 0.29) is 39.2 Å². The second kappa shape index (κ2) is 6.43. The van der Waals surface area contributed by atoms with Crippen molar-refractivity contribution in [2.24, 2.45) is 0 Å². The first-order valence-corrected chi connectivity index (χ1v) is 9.73. The van der Waals surface area contributed by atoms with E-state index in [2.05, 4.69) is 0 Å². The summed E-state index contributed by atoms with van der Waals surface area (Å²) in [6.07, 6.45) is 1.87. The van der Waals surface area contributed by atoms with Gasteiger partial charge in [-0.15, -0.1) is 0 Å². The Balaban J connectivity index is 1.95. The van der Waals surface area contributed by atoms with Gasteiger partial charge < -0.3 is 33.2 Å².